The fraction of sp³-hybridized carbons (Fsp3) is 0.341. The van der Waals surface area contributed by atoms with Crippen molar-refractivity contribution >= 4 is 17.7 Å². The van der Waals surface area contributed by atoms with E-state index in [-0.39, 0.29) is 43.2 Å². The highest BCUT2D eigenvalue weighted by atomic mass is 16.3. The Morgan fingerprint density at radius 3 is 2.22 bits per heavy atom. The van der Waals surface area contributed by atoms with E-state index in [0.29, 0.717) is 32.1 Å². The lowest BCUT2D eigenvalue weighted by Gasteiger charge is -2.29. The molecule has 0 bridgehead atoms. The van der Waals surface area contributed by atoms with Gasteiger partial charge in [-0.2, -0.15) is 0 Å². The van der Waals surface area contributed by atoms with Crippen LogP contribution in [0.25, 0.3) is 0 Å². The fourth-order valence-corrected chi connectivity index (χ4v) is 7.64. The molecule has 0 saturated carbocycles. The first-order valence-electron chi connectivity index (χ1n) is 17.2. The van der Waals surface area contributed by atoms with Crippen molar-refractivity contribution in [1.29, 1.82) is 0 Å². The topological polar surface area (TPSA) is 133 Å². The third-order valence-corrected chi connectivity index (χ3v) is 9.96. The van der Waals surface area contributed by atoms with Gasteiger partial charge in [0.15, 0.2) is 0 Å². The molecule has 6 rings (SSSR count). The highest BCUT2D eigenvalue weighted by Gasteiger charge is 2.41. The van der Waals surface area contributed by atoms with Crippen LogP contribution in [0, 0.1) is 11.8 Å². The molecule has 1 heterocycles. The number of primary amides is 1. The van der Waals surface area contributed by atoms with Crippen LogP contribution >= 0.6 is 0 Å². The van der Waals surface area contributed by atoms with Crippen LogP contribution in [0.15, 0.2) is 109 Å². The van der Waals surface area contributed by atoms with E-state index < -0.39 is 30.1 Å². The predicted octanol–water partition coefficient (Wildman–Crippen LogP) is 4.10. The summed E-state index contributed by atoms with van der Waals surface area (Å²) in [5.41, 5.74) is 11.2. The lowest BCUT2D eigenvalue weighted by Crippen LogP contribution is -2.43. The van der Waals surface area contributed by atoms with Crippen molar-refractivity contribution in [2.24, 2.45) is 17.6 Å². The van der Waals surface area contributed by atoms with Crippen molar-refractivity contribution < 1.29 is 24.6 Å². The van der Waals surface area contributed by atoms with Crippen molar-refractivity contribution in [3.8, 4) is 0 Å². The fourth-order valence-electron chi connectivity index (χ4n) is 7.64. The number of benzene rings is 4. The molecule has 254 valence electrons. The number of nitrogens with two attached hydrogens (primary N) is 1. The second-order valence-corrected chi connectivity index (χ2v) is 13.7. The molecule has 8 heteroatoms. The summed E-state index contributed by atoms with van der Waals surface area (Å²) in [4.78, 5) is 41.3. The van der Waals surface area contributed by atoms with E-state index in [2.05, 4.69) is 17.4 Å². The summed E-state index contributed by atoms with van der Waals surface area (Å²) in [6.07, 6.45) is 1.34. The van der Waals surface area contributed by atoms with Gasteiger partial charge in [0, 0.05) is 30.8 Å². The molecule has 1 aliphatic carbocycles. The van der Waals surface area contributed by atoms with Crippen molar-refractivity contribution in [2.45, 2.75) is 69.2 Å². The van der Waals surface area contributed by atoms with E-state index in [1.807, 2.05) is 102 Å². The Morgan fingerprint density at radius 2 is 1.49 bits per heavy atom. The van der Waals surface area contributed by atoms with Gasteiger partial charge in [-0.05, 0) is 65.5 Å². The number of likely N-dealkylation sites (tertiary alicyclic amines) is 1. The van der Waals surface area contributed by atoms with Crippen LogP contribution in [0.2, 0.25) is 0 Å². The number of hydrogen-bond donors (Lipinski definition) is 4. The summed E-state index contributed by atoms with van der Waals surface area (Å²) >= 11 is 0. The first-order valence-corrected chi connectivity index (χ1v) is 17.2. The Labute approximate surface area is 288 Å². The van der Waals surface area contributed by atoms with E-state index in [0.717, 1.165) is 33.4 Å². The largest absolute Gasteiger partial charge is 0.391 e. The van der Waals surface area contributed by atoms with Gasteiger partial charge in [-0.1, -0.05) is 109 Å². The molecule has 1 saturated heterocycles. The third kappa shape index (κ3) is 8.63. The molecule has 6 atom stereocenters. The number of β-amino-alcohol motifs (C(OH)–C–C–N with tert-alkyl or cyclic N) is 1. The SMILES string of the molecule is NC(=O)Cc1cccc(C[C@H]2C[C@H](Cc3ccccc3)N(C[C@@H](O)C[C@@H](Cc3ccccc3)C(=O)NC3c4ccccc4C[C@H]3O)C2=O)c1. The number of carbonyl (C=O) groups excluding carboxylic acids is 3. The third-order valence-electron chi connectivity index (χ3n) is 9.96. The zero-order valence-corrected chi connectivity index (χ0v) is 27.7. The van der Waals surface area contributed by atoms with Crippen LogP contribution in [0.1, 0.15) is 52.3 Å². The Bertz CT molecular complexity index is 1750. The minimum Gasteiger partial charge on any atom is -0.391 e. The maximum Gasteiger partial charge on any atom is 0.226 e. The van der Waals surface area contributed by atoms with Crippen LogP contribution in [-0.2, 0) is 46.5 Å². The average molecular weight is 660 g/mol. The summed E-state index contributed by atoms with van der Waals surface area (Å²) in [6, 6.07) is 34.5. The second kappa shape index (κ2) is 15.6. The zero-order valence-electron chi connectivity index (χ0n) is 27.7. The monoisotopic (exact) mass is 659 g/mol. The number of fused-ring (bicyclic) bond motifs is 1. The van der Waals surface area contributed by atoms with Crippen LogP contribution in [0.3, 0.4) is 0 Å². The highest BCUT2D eigenvalue weighted by Crippen LogP contribution is 2.33. The number of nitrogens with one attached hydrogen (secondary N) is 1. The molecule has 1 aliphatic heterocycles. The molecular weight excluding hydrogens is 614 g/mol. The number of hydrogen-bond acceptors (Lipinski definition) is 5. The van der Waals surface area contributed by atoms with Gasteiger partial charge in [0.05, 0.1) is 24.7 Å². The Morgan fingerprint density at radius 1 is 0.837 bits per heavy atom. The molecule has 4 aromatic carbocycles. The molecule has 3 amide bonds. The minimum atomic E-state index is -0.944. The average Bonchev–Trinajstić information content (AvgIpc) is 3.55. The minimum absolute atomic E-state index is 0.0185. The van der Waals surface area contributed by atoms with Crippen LogP contribution in [0.5, 0.6) is 0 Å². The summed E-state index contributed by atoms with van der Waals surface area (Å²) < 4.78 is 0. The molecule has 2 aliphatic rings. The molecule has 5 N–H and O–H groups in total. The Kier molecular flexibility index (Phi) is 10.9. The van der Waals surface area contributed by atoms with Crippen LogP contribution in [0.4, 0.5) is 0 Å². The van der Waals surface area contributed by atoms with Gasteiger partial charge in [0.25, 0.3) is 0 Å². The standard InChI is InChI=1S/C41H45N3O5/c42-38(47)22-30-15-9-14-29(18-30)20-33-23-34(21-28-12-5-2-6-13-28)44(41(33)49)26-35(45)24-32(19-27-10-3-1-4-11-27)40(48)43-39-36-17-8-7-16-31(36)25-37(39)46/h1-18,32-35,37,39,45-46H,19-26H2,(H2,42,47)(H,43,48)/t32-,33+,34+,35+,37-,39?/m1/s1. The summed E-state index contributed by atoms with van der Waals surface area (Å²) in [7, 11) is 0. The molecule has 1 fully saturated rings. The lowest BCUT2D eigenvalue weighted by molar-refractivity contribution is -0.133. The number of aliphatic hydroxyl groups excluding tert-OH is 2. The predicted molar refractivity (Wildman–Crippen MR) is 188 cm³/mol. The number of carbonyl (C=O) groups is 3. The number of rotatable bonds is 14. The maximum atomic E-state index is 14.0. The van der Waals surface area contributed by atoms with E-state index in [1.54, 1.807) is 0 Å². The highest BCUT2D eigenvalue weighted by molar-refractivity contribution is 5.82. The van der Waals surface area contributed by atoms with Gasteiger partial charge in [0.2, 0.25) is 17.7 Å². The van der Waals surface area contributed by atoms with Crippen molar-refractivity contribution in [1.82, 2.24) is 10.2 Å². The molecule has 1 unspecified atom stereocenters. The van der Waals surface area contributed by atoms with E-state index >= 15 is 0 Å². The quantitative estimate of drug-likeness (QED) is 0.162. The smallest absolute Gasteiger partial charge is 0.226 e. The Balaban J connectivity index is 1.19. The molecule has 49 heavy (non-hydrogen) atoms. The summed E-state index contributed by atoms with van der Waals surface area (Å²) in [5, 5.41) is 25.5. The van der Waals surface area contributed by atoms with E-state index in [9.17, 15) is 24.6 Å². The second-order valence-electron chi connectivity index (χ2n) is 13.7. The molecule has 0 radical (unpaired) electrons. The number of amides is 3. The molecule has 8 nitrogen and oxygen atoms in total. The molecule has 4 aromatic rings. The van der Waals surface area contributed by atoms with Crippen molar-refractivity contribution in [2.75, 3.05) is 6.54 Å². The van der Waals surface area contributed by atoms with Crippen molar-refractivity contribution in [3.63, 3.8) is 0 Å². The number of aliphatic hydroxyl groups is 2. The zero-order chi connectivity index (χ0) is 34.3. The van der Waals surface area contributed by atoms with Crippen LogP contribution in [-0.4, -0.2) is 57.6 Å². The van der Waals surface area contributed by atoms with Crippen LogP contribution < -0.4 is 11.1 Å². The van der Waals surface area contributed by atoms with E-state index in [4.69, 9.17) is 5.73 Å². The van der Waals surface area contributed by atoms with Gasteiger partial charge in [-0.3, -0.25) is 14.4 Å². The molecule has 0 aromatic heterocycles. The molecular formula is C41H45N3O5. The first kappa shape index (κ1) is 34.1. The molecule has 0 spiro atoms. The van der Waals surface area contributed by atoms with Gasteiger partial charge >= 0.3 is 0 Å². The van der Waals surface area contributed by atoms with Gasteiger partial charge < -0.3 is 26.2 Å². The normalized spacial score (nSPS) is 21.3. The van der Waals surface area contributed by atoms with E-state index in [1.165, 1.54) is 0 Å². The Hall–Kier alpha value is -4.79. The maximum absolute atomic E-state index is 14.0. The van der Waals surface area contributed by atoms with Gasteiger partial charge in [0.1, 0.15) is 0 Å². The number of nitrogens with zero attached hydrogens (tertiary/aromatic N) is 1. The lowest BCUT2D eigenvalue weighted by atomic mass is 9.91. The van der Waals surface area contributed by atoms with Gasteiger partial charge in [-0.15, -0.1) is 0 Å². The first-order chi connectivity index (χ1) is 23.7. The van der Waals surface area contributed by atoms with Crippen molar-refractivity contribution in [3.05, 3.63) is 143 Å². The summed E-state index contributed by atoms with van der Waals surface area (Å²) in [6.45, 7) is 0.113. The summed E-state index contributed by atoms with van der Waals surface area (Å²) in [5.74, 6) is -1.51. The van der Waals surface area contributed by atoms with Gasteiger partial charge in [-0.25, -0.2) is 0 Å².